The first-order chi connectivity index (χ1) is 18.9. The van der Waals surface area contributed by atoms with Crippen molar-refractivity contribution in [3.63, 3.8) is 0 Å². The predicted octanol–water partition coefficient (Wildman–Crippen LogP) is 8.22. The second kappa shape index (κ2) is 10.7. The molecule has 1 radical (unpaired) electrons. The third-order valence-corrected chi connectivity index (χ3v) is 6.63. The minimum absolute atomic E-state index is 0. The number of rotatable bonds is 2. The molecule has 7 aromatic rings. The maximum atomic E-state index is 7.53. The summed E-state index contributed by atoms with van der Waals surface area (Å²) >= 11 is 1.64. The molecule has 0 saturated heterocycles. The Balaban J connectivity index is 0.000000195. The Morgan fingerprint density at radius 1 is 0.865 bits per heavy atom. The zero-order chi connectivity index (χ0) is 27.0. The van der Waals surface area contributed by atoms with E-state index in [9.17, 15) is 0 Å². The largest absolute Gasteiger partial charge is 0.486 e. The Morgan fingerprint density at radius 2 is 1.78 bits per heavy atom. The second-order valence-electron chi connectivity index (χ2n) is 8.24. The first-order valence-electron chi connectivity index (χ1n) is 12.9. The summed E-state index contributed by atoms with van der Waals surface area (Å²) in [5, 5.41) is 3.65. The smallest absolute Gasteiger partial charge is 0.216 e. The van der Waals surface area contributed by atoms with Gasteiger partial charge in [-0.05, 0) is 60.4 Å². The SMILES string of the molecule is Cc1ccc(-c2[c-]cccc2)nc1.[2H]C([2H])([2H])c1ccc2c(n1)oc1c(-c3ccc4sccc4n3)[c-]ccc12.[Ir]. The summed E-state index contributed by atoms with van der Waals surface area (Å²) in [5.74, 6) is 0. The Labute approximate surface area is 236 Å². The first-order valence-corrected chi connectivity index (χ1v) is 12.2. The molecule has 5 heterocycles. The van der Waals surface area contributed by atoms with Gasteiger partial charge in [-0.25, -0.2) is 4.98 Å². The molecule has 0 fully saturated rings. The quantitative estimate of drug-likeness (QED) is 0.173. The van der Waals surface area contributed by atoms with Gasteiger partial charge in [-0.3, -0.25) is 4.98 Å². The van der Waals surface area contributed by atoms with E-state index in [0.717, 1.165) is 43.5 Å². The van der Waals surface area contributed by atoms with Crippen LogP contribution >= 0.6 is 11.3 Å². The molecule has 0 aliphatic carbocycles. The molecule has 0 spiro atoms. The van der Waals surface area contributed by atoms with E-state index >= 15 is 0 Å². The first kappa shape index (κ1) is 21.4. The predicted molar refractivity (Wildman–Crippen MR) is 147 cm³/mol. The van der Waals surface area contributed by atoms with Gasteiger partial charge in [0.25, 0.3) is 0 Å². The van der Waals surface area contributed by atoms with Crippen LogP contribution in [-0.2, 0) is 20.1 Å². The summed E-state index contributed by atoms with van der Waals surface area (Å²) in [7, 11) is 0. The Hall–Kier alpha value is -3.70. The zero-order valence-electron chi connectivity index (χ0n) is 22.7. The van der Waals surface area contributed by atoms with Gasteiger partial charge in [0.15, 0.2) is 0 Å². The van der Waals surface area contributed by atoms with Gasteiger partial charge in [-0.1, -0.05) is 29.1 Å². The van der Waals surface area contributed by atoms with Gasteiger partial charge < -0.3 is 9.40 Å². The number of furan rings is 1. The molecule has 183 valence electrons. The van der Waals surface area contributed by atoms with E-state index in [-0.39, 0.29) is 25.8 Å². The molecule has 0 aliphatic rings. The van der Waals surface area contributed by atoms with Crippen LogP contribution in [0.1, 0.15) is 15.4 Å². The monoisotopic (exact) mass is 679 g/mol. The summed E-state index contributed by atoms with van der Waals surface area (Å²) < 4.78 is 29.7. The van der Waals surface area contributed by atoms with Crippen LogP contribution in [0.4, 0.5) is 0 Å². The third kappa shape index (κ3) is 5.09. The van der Waals surface area contributed by atoms with Crippen LogP contribution in [0.3, 0.4) is 0 Å². The van der Waals surface area contributed by atoms with E-state index in [1.807, 2.05) is 79.2 Å². The topological polar surface area (TPSA) is 51.8 Å². The van der Waals surface area contributed by atoms with Gasteiger partial charge in [-0.15, -0.1) is 65.4 Å². The number of fused-ring (bicyclic) bond motifs is 4. The number of aryl methyl sites for hydroxylation is 2. The molecule has 5 aromatic heterocycles. The molecule has 0 amide bonds. The summed E-state index contributed by atoms with van der Waals surface area (Å²) in [6.45, 7) is -0.237. The van der Waals surface area contributed by atoms with Gasteiger partial charge in [0.2, 0.25) is 5.71 Å². The van der Waals surface area contributed by atoms with Crippen LogP contribution in [0.15, 0.2) is 94.9 Å². The molecule has 0 N–H and O–H groups in total. The fraction of sp³-hybridized carbons (Fsp3) is 0.0645. The number of pyridine rings is 3. The average molecular weight is 679 g/mol. The van der Waals surface area contributed by atoms with Crippen molar-refractivity contribution < 1.29 is 28.6 Å². The van der Waals surface area contributed by atoms with E-state index in [4.69, 9.17) is 13.5 Å². The molecule has 0 atom stereocenters. The maximum Gasteiger partial charge on any atom is 0.216 e. The maximum absolute atomic E-state index is 7.53. The summed E-state index contributed by atoms with van der Waals surface area (Å²) in [6.07, 6.45) is 1.87. The number of nitrogens with zero attached hydrogens (tertiary/aromatic N) is 3. The second-order valence-corrected chi connectivity index (χ2v) is 9.19. The van der Waals surface area contributed by atoms with Crippen molar-refractivity contribution in [2.45, 2.75) is 13.8 Å². The van der Waals surface area contributed by atoms with Gasteiger partial charge in [0.1, 0.15) is 0 Å². The van der Waals surface area contributed by atoms with Crippen LogP contribution in [0, 0.1) is 25.9 Å². The fourth-order valence-electron chi connectivity index (χ4n) is 3.98. The van der Waals surface area contributed by atoms with Crippen molar-refractivity contribution in [3.05, 3.63) is 114 Å². The van der Waals surface area contributed by atoms with E-state index in [0.29, 0.717) is 11.3 Å². The van der Waals surface area contributed by atoms with Crippen LogP contribution in [0.25, 0.3) is 54.8 Å². The minimum Gasteiger partial charge on any atom is -0.486 e. The molecule has 4 nitrogen and oxygen atoms in total. The van der Waals surface area contributed by atoms with Gasteiger partial charge in [0, 0.05) is 41.5 Å². The Kier molecular flexibility index (Phi) is 6.20. The molecular weight excluding hydrogens is 655 g/mol. The normalized spacial score (nSPS) is 12.3. The van der Waals surface area contributed by atoms with E-state index in [2.05, 4.69) is 28.2 Å². The van der Waals surface area contributed by atoms with E-state index in [1.165, 1.54) is 11.6 Å². The number of hydrogen-bond acceptors (Lipinski definition) is 5. The van der Waals surface area contributed by atoms with Crippen LogP contribution in [-0.4, -0.2) is 15.0 Å². The van der Waals surface area contributed by atoms with Crippen LogP contribution < -0.4 is 0 Å². The Morgan fingerprint density at radius 3 is 2.59 bits per heavy atom. The van der Waals surface area contributed by atoms with E-state index in [1.54, 1.807) is 17.4 Å². The van der Waals surface area contributed by atoms with Crippen molar-refractivity contribution in [1.29, 1.82) is 0 Å². The molecule has 0 saturated carbocycles. The van der Waals surface area contributed by atoms with Gasteiger partial charge >= 0.3 is 0 Å². The van der Waals surface area contributed by atoms with Gasteiger partial charge in [0.05, 0.1) is 15.8 Å². The number of aromatic nitrogens is 3. The summed E-state index contributed by atoms with van der Waals surface area (Å²) in [6, 6.07) is 31.2. The van der Waals surface area contributed by atoms with Gasteiger partial charge in [-0.2, -0.15) is 0 Å². The standard InChI is InChI=1S/C19H11N2OS.C12H10N.Ir/c1-11-5-6-13-12-3-2-4-14(18(12)22-19(13)20-11)15-7-8-17-16(21-15)9-10-23-17;1-10-7-8-12(13-9-10)11-5-3-2-4-6-11;/h2-3,5-10H,1H3;2-5,7-9H,1H3;/q2*-1;/i1D3;;. The zero-order valence-corrected chi connectivity index (χ0v) is 22.9. The van der Waals surface area contributed by atoms with Crippen LogP contribution in [0.5, 0.6) is 0 Å². The molecule has 0 unspecified atom stereocenters. The molecular formula is C31H21IrN3OS-2. The summed E-state index contributed by atoms with van der Waals surface area (Å²) in [5.41, 5.74) is 6.57. The van der Waals surface area contributed by atoms with Crippen molar-refractivity contribution in [2.24, 2.45) is 0 Å². The summed E-state index contributed by atoms with van der Waals surface area (Å²) in [4.78, 5) is 13.2. The Bertz CT molecular complexity index is 1920. The molecule has 7 rings (SSSR count). The minimum atomic E-state index is -2.27. The van der Waals surface area contributed by atoms with Crippen LogP contribution in [0.2, 0.25) is 0 Å². The number of benzene rings is 2. The van der Waals surface area contributed by atoms with E-state index < -0.39 is 6.85 Å². The van der Waals surface area contributed by atoms with Crippen molar-refractivity contribution in [3.8, 4) is 22.5 Å². The molecule has 6 heteroatoms. The molecule has 0 aliphatic heterocycles. The van der Waals surface area contributed by atoms with Crippen molar-refractivity contribution >= 4 is 43.6 Å². The van der Waals surface area contributed by atoms with Crippen molar-refractivity contribution in [1.82, 2.24) is 15.0 Å². The number of hydrogen-bond donors (Lipinski definition) is 0. The molecule has 37 heavy (non-hydrogen) atoms. The third-order valence-electron chi connectivity index (χ3n) is 5.76. The molecule has 2 aromatic carbocycles. The fourth-order valence-corrected chi connectivity index (χ4v) is 4.71. The molecule has 0 bridgehead atoms. The van der Waals surface area contributed by atoms with Crippen molar-refractivity contribution in [2.75, 3.05) is 0 Å². The number of thiophene rings is 1. The average Bonchev–Trinajstić information content (AvgIpc) is 3.57.